The lowest BCUT2D eigenvalue weighted by atomic mass is 10.1. The van der Waals surface area contributed by atoms with E-state index >= 15 is 0 Å². The molecule has 4 aromatic heterocycles. The van der Waals surface area contributed by atoms with Gasteiger partial charge in [-0.15, -0.1) is 0 Å². The Balaban J connectivity index is 0.000000157. The van der Waals surface area contributed by atoms with E-state index in [0.717, 1.165) is 158 Å². The molecule has 0 saturated carbocycles. The second-order valence-electron chi connectivity index (χ2n) is 35.8. The van der Waals surface area contributed by atoms with Crippen molar-refractivity contribution in [2.24, 2.45) is 0 Å². The fraction of sp³-hybridized carbons (Fsp3) is 0.272. The molecule has 13 aromatic rings. The zero-order valence-corrected chi connectivity index (χ0v) is 87.3. The molecule has 148 heavy (non-hydrogen) atoms. The Morgan fingerprint density at radius 2 is 0.622 bits per heavy atom. The number of hydrogen-bond donors (Lipinski definition) is 11. The normalized spacial score (nSPS) is 14.0. The molecule has 9 aromatic carbocycles. The minimum Gasteiger partial charge on any atom is -0.399 e. The first-order chi connectivity index (χ1) is 70.8. The number of halogens is 6. The molecule has 4 fully saturated rings. The van der Waals surface area contributed by atoms with Gasteiger partial charge in [-0.05, 0) is 217 Å². The van der Waals surface area contributed by atoms with Crippen LogP contribution in [-0.4, -0.2) is 265 Å². The van der Waals surface area contributed by atoms with Crippen molar-refractivity contribution in [1.82, 2.24) is 59.5 Å². The average Bonchev–Trinajstić information content (AvgIpc) is 0.825. The molecule has 4 aliphatic rings. The maximum Gasteiger partial charge on any atom is 0.327 e. The second kappa shape index (κ2) is 50.2. The maximum absolute atomic E-state index is 13.7. The third-order valence-corrected chi connectivity index (χ3v) is 26.4. The van der Waals surface area contributed by atoms with Gasteiger partial charge in [0.15, 0.2) is 0 Å². The van der Waals surface area contributed by atoms with Crippen molar-refractivity contribution in [3.63, 3.8) is 0 Å². The highest BCUT2D eigenvalue weighted by atomic mass is 35.5. The first-order valence-electron chi connectivity index (χ1n) is 47.2. The van der Waals surface area contributed by atoms with E-state index < -0.39 is 39.9 Å². The van der Waals surface area contributed by atoms with Crippen LogP contribution in [0, 0.1) is 6.92 Å². The van der Waals surface area contributed by atoms with E-state index in [1.54, 1.807) is 76.7 Å². The summed E-state index contributed by atoms with van der Waals surface area (Å²) in [7, 11) is 11.4. The molecule has 774 valence electrons. The number of nitrogens with one attached hydrogen (secondary N) is 10. The van der Waals surface area contributed by atoms with Gasteiger partial charge in [-0.1, -0.05) is 64.6 Å². The lowest BCUT2D eigenvalue weighted by Crippen LogP contribution is -2.44. The summed E-state index contributed by atoms with van der Waals surface area (Å²) >= 11 is 24.9. The van der Waals surface area contributed by atoms with Crippen molar-refractivity contribution in [2.45, 2.75) is 19.8 Å². The molecule has 45 heteroatoms. The van der Waals surface area contributed by atoms with Crippen LogP contribution in [0.15, 0.2) is 244 Å². The van der Waals surface area contributed by atoms with E-state index in [4.69, 9.17) is 52.1 Å². The lowest BCUT2D eigenvalue weighted by Gasteiger charge is -2.34. The number of nitrogen functional groups attached to an aromatic ring is 1. The number of carbonyl (C=O) groups is 5. The number of nitrogens with two attached hydrogens (primary N) is 1. The van der Waals surface area contributed by atoms with Crippen molar-refractivity contribution in [3.05, 3.63) is 280 Å². The number of amides is 9. The minimum atomic E-state index is -3.48. The van der Waals surface area contributed by atoms with Crippen LogP contribution in [0.3, 0.4) is 0 Å². The van der Waals surface area contributed by atoms with E-state index in [-0.39, 0.29) is 44.3 Å². The number of aryl methyl sites for hydroxylation is 1. The summed E-state index contributed by atoms with van der Waals surface area (Å²) in [5.74, 6) is 0.0904. The molecule has 0 unspecified atom stereocenters. The lowest BCUT2D eigenvalue weighted by molar-refractivity contribution is 0.0174. The molecule has 12 N–H and O–H groups in total. The predicted octanol–water partition coefficient (Wildman–Crippen LogP) is 18.8. The molecule has 4 aliphatic heterocycles. The Kier molecular flexibility index (Phi) is 36.7. The van der Waals surface area contributed by atoms with Gasteiger partial charge in [-0.25, -0.2) is 76.2 Å². The second-order valence-corrected chi connectivity index (χ2v) is 39.1. The number of piperazine rings is 4. The third kappa shape index (κ3) is 31.1. The third-order valence-electron chi connectivity index (χ3n) is 24.4. The summed E-state index contributed by atoms with van der Waals surface area (Å²) in [5, 5.41) is 28.0. The number of nitrogens with zero attached hydrogens (tertiary/aromatic N) is 20. The summed E-state index contributed by atoms with van der Waals surface area (Å²) in [6.45, 7) is 19.2. The minimum absolute atomic E-state index is 0.0634. The van der Waals surface area contributed by atoms with Crippen molar-refractivity contribution in [1.29, 1.82) is 0 Å². The van der Waals surface area contributed by atoms with E-state index in [1.165, 1.54) is 117 Å². The molecular formula is C103H117Cl4F2N31O7S. The van der Waals surface area contributed by atoms with E-state index in [0.29, 0.717) is 79.3 Å². The number of hydrogen-bond acceptors (Lipinski definition) is 28. The van der Waals surface area contributed by atoms with Gasteiger partial charge in [0.25, 0.3) is 11.8 Å². The van der Waals surface area contributed by atoms with Crippen LogP contribution in [0.25, 0.3) is 0 Å². The number of urea groups is 4. The van der Waals surface area contributed by atoms with Gasteiger partial charge in [0, 0.05) is 232 Å². The monoisotopic (exact) mass is 2110 g/mol. The Bertz CT molecular complexity index is 6720. The summed E-state index contributed by atoms with van der Waals surface area (Å²) in [6.07, 6.45) is 6.60. The number of anilines is 23. The van der Waals surface area contributed by atoms with Crippen LogP contribution in [-0.2, 0) is 15.9 Å². The van der Waals surface area contributed by atoms with Crippen molar-refractivity contribution >= 4 is 218 Å². The Labute approximate surface area is 878 Å². The van der Waals surface area contributed by atoms with Crippen LogP contribution >= 0.6 is 46.4 Å². The molecule has 0 radical (unpaired) electrons. The fourth-order valence-corrected chi connectivity index (χ4v) is 16.8. The highest BCUT2D eigenvalue weighted by Gasteiger charge is 2.28. The number of likely N-dealkylation sites (N-methyl/N-ethyl adjacent to an activating group) is 4. The highest BCUT2D eigenvalue weighted by Crippen LogP contribution is 2.36. The maximum atomic E-state index is 13.7. The number of carbonyl (C=O) groups excluding carboxylic acids is 5. The predicted molar refractivity (Wildman–Crippen MR) is 593 cm³/mol. The van der Waals surface area contributed by atoms with E-state index in [2.05, 4.69) is 208 Å². The first-order valence-corrected chi connectivity index (χ1v) is 50.6. The molecule has 0 spiro atoms. The van der Waals surface area contributed by atoms with Crippen LogP contribution in [0.2, 0.25) is 20.1 Å². The summed E-state index contributed by atoms with van der Waals surface area (Å²) < 4.78 is 52.8. The quantitative estimate of drug-likeness (QED) is 0.0237. The Morgan fingerprint density at radius 1 is 0.345 bits per heavy atom. The molecule has 17 rings (SSSR count). The van der Waals surface area contributed by atoms with Gasteiger partial charge in [0.2, 0.25) is 10.0 Å². The summed E-state index contributed by atoms with van der Waals surface area (Å²) in [6, 6.07) is 62.2. The molecule has 4 saturated heterocycles. The topological polar surface area (TPSA) is 408 Å². The van der Waals surface area contributed by atoms with Gasteiger partial charge in [0.1, 0.15) is 71.9 Å². The molecule has 8 heterocycles. The number of alkyl halides is 2. The SMILES string of the molecule is CN1CCN(c2ccc(Nc3cc(N(C)C(=O)Nc4cc(N)ccc4Cl)ncn3)cc2)CC1.CN1CCN(c2ccc(Nc3cc(N(C)C(=O)Nc4cc(NC(=O)c5cccc(C(C)(F)F)c5)ccc4Cl)ncn3)cc2)CC1.CN1CCN(c2ccc(Nc3cc(N(C)C(=O)Nc4cc(NS(C)(=O)=O)ccc4Cl)ncn3)cc2)CC1.Cc1ccc(Cl)c(NC(=O)N(C)c2cc(Nc3ccc(N4CCN(C)CC4)cc3)ncn2)c1. The molecule has 0 atom stereocenters. The molecular weight excluding hydrogens is 2000 g/mol. The number of rotatable bonds is 25. The standard InChI is InChI=1S/C32H33ClF2N8O2.C24H29ClN8O3S.C24H28ClN7O.C23H27ClN8O/c1-32(34,35)22-6-4-5-21(17-22)30(44)39-24-9-12-26(33)27(18-24)40-31(45)42(3)29-19-28(36-20-37-29)38-23-7-10-25(11-8-23)43-15-13-41(2)14-16-43;1-31-10-12-33(13-11-31)19-7-4-17(5-8-19)28-22-15-23(27-16-26-22)32(2)24(34)29-21-14-18(6-9-20(21)25)30-37(3,35)36;1-17-4-9-20(25)21(14-17)29-24(33)31(3)23-15-22(26-16-27-23)28-18-5-7-19(8-6-18)32-12-10-30(2)11-13-32;1-30-9-11-32(12-10-30)18-6-4-17(5-7-18)28-21-14-22(27-15-26-21)31(2)23(33)29-20-13-16(25)3-8-19(20)24/h4-12,17-20H,13-16H2,1-3H3,(H,39,44)(H,40,45)(H,36,37,38);4-9,14-16,30H,10-13H2,1-3H3,(H,29,34)(H,26,27,28);4-9,14-16H,10-13H2,1-3H3,(H,29,33)(H,26,27,28);3-8,13-15H,9-12,25H2,1-2H3,(H,29,33)(H,26,27,28). The smallest absolute Gasteiger partial charge is 0.327 e. The zero-order chi connectivity index (χ0) is 105. The highest BCUT2D eigenvalue weighted by molar-refractivity contribution is 7.92. The zero-order valence-electron chi connectivity index (χ0n) is 83.5. The van der Waals surface area contributed by atoms with Gasteiger partial charge in [-0.3, -0.25) is 29.1 Å². The van der Waals surface area contributed by atoms with Crippen LogP contribution < -0.4 is 97.5 Å². The first kappa shape index (κ1) is 108. The van der Waals surface area contributed by atoms with Gasteiger partial charge >= 0.3 is 24.1 Å². The number of sulfonamides is 1. The average molecular weight is 2110 g/mol. The van der Waals surface area contributed by atoms with Crippen LogP contribution in [0.4, 0.5) is 160 Å². The molecule has 0 bridgehead atoms. The van der Waals surface area contributed by atoms with Crippen LogP contribution in [0.1, 0.15) is 28.4 Å². The van der Waals surface area contributed by atoms with E-state index in [9.17, 15) is 41.2 Å². The van der Waals surface area contributed by atoms with E-state index in [1.807, 2.05) is 67.6 Å². The van der Waals surface area contributed by atoms with Crippen molar-refractivity contribution in [3.8, 4) is 0 Å². The molecule has 38 nitrogen and oxygen atoms in total. The Morgan fingerprint density at radius 3 is 0.932 bits per heavy atom. The largest absolute Gasteiger partial charge is 0.399 e. The molecule has 0 aliphatic carbocycles. The number of benzene rings is 9. The summed E-state index contributed by atoms with van der Waals surface area (Å²) in [4.78, 5) is 122. The van der Waals surface area contributed by atoms with Crippen molar-refractivity contribution < 1.29 is 41.2 Å². The number of aromatic nitrogens is 8. The van der Waals surface area contributed by atoms with Gasteiger partial charge in [0.05, 0.1) is 54.8 Å². The summed E-state index contributed by atoms with van der Waals surface area (Å²) in [5.41, 5.74) is 17.4. The van der Waals surface area contributed by atoms with Crippen LogP contribution in [0.5, 0.6) is 0 Å². The van der Waals surface area contributed by atoms with Gasteiger partial charge in [-0.2, -0.15) is 0 Å². The molecule has 9 amide bonds. The Hall–Kier alpha value is -15.3. The fourth-order valence-electron chi connectivity index (χ4n) is 15.6. The van der Waals surface area contributed by atoms with Gasteiger partial charge < -0.3 is 92.8 Å². The van der Waals surface area contributed by atoms with Crippen molar-refractivity contribution in [2.75, 3.05) is 265 Å².